The van der Waals surface area contributed by atoms with E-state index in [1.807, 2.05) is 37.3 Å². The normalized spacial score (nSPS) is 17.8. The number of tetrazole rings is 1. The lowest BCUT2D eigenvalue weighted by molar-refractivity contribution is -0.138. The van der Waals surface area contributed by atoms with Crippen molar-refractivity contribution in [1.29, 1.82) is 0 Å². The van der Waals surface area contributed by atoms with Crippen molar-refractivity contribution in [2.75, 3.05) is 13.1 Å². The first-order valence-electron chi connectivity index (χ1n) is 8.07. The molecule has 0 saturated carbocycles. The Morgan fingerprint density at radius 2 is 2.12 bits per heavy atom. The average Bonchev–Trinajstić information content (AvgIpc) is 3.09. The summed E-state index contributed by atoms with van der Waals surface area (Å²) in [6, 6.07) is 9.51. The van der Waals surface area contributed by atoms with Crippen LogP contribution in [-0.4, -0.2) is 50.0 Å². The number of benzene rings is 1. The van der Waals surface area contributed by atoms with Gasteiger partial charge in [0.2, 0.25) is 11.8 Å². The van der Waals surface area contributed by atoms with Crippen LogP contribution in [0, 0.1) is 5.92 Å². The number of hydrogen-bond donors (Lipinski definition) is 1. The Balaban J connectivity index is 1.62. The van der Waals surface area contributed by atoms with Crippen molar-refractivity contribution in [1.82, 2.24) is 30.4 Å². The summed E-state index contributed by atoms with van der Waals surface area (Å²) in [5.74, 6) is 0.440. The summed E-state index contributed by atoms with van der Waals surface area (Å²) in [6.45, 7) is 3.28. The summed E-state index contributed by atoms with van der Waals surface area (Å²) in [4.78, 5) is 25.8. The predicted molar refractivity (Wildman–Crippen MR) is 86.0 cm³/mol. The van der Waals surface area contributed by atoms with Crippen molar-refractivity contribution < 1.29 is 9.59 Å². The smallest absolute Gasteiger partial charge is 0.225 e. The summed E-state index contributed by atoms with van der Waals surface area (Å²) in [6.07, 6.45) is 1.01. The van der Waals surface area contributed by atoms with E-state index in [1.54, 1.807) is 9.58 Å². The zero-order valence-electron chi connectivity index (χ0n) is 13.6. The van der Waals surface area contributed by atoms with E-state index in [2.05, 4.69) is 20.8 Å². The standard InChI is InChI=1S/C16H20N6O2/c1-2-21-11-12(8-9-15(21)23)16(24)17-10-14-18-19-20-22(14)13-6-4-3-5-7-13/h3-7,12H,2,8-11H2,1H3,(H,17,24)/t12-/m0/s1. The van der Waals surface area contributed by atoms with Gasteiger partial charge >= 0.3 is 0 Å². The van der Waals surface area contributed by atoms with E-state index in [4.69, 9.17) is 0 Å². The first-order valence-corrected chi connectivity index (χ1v) is 8.07. The Morgan fingerprint density at radius 3 is 2.88 bits per heavy atom. The molecule has 1 saturated heterocycles. The van der Waals surface area contributed by atoms with Gasteiger partial charge in [-0.25, -0.2) is 0 Å². The highest BCUT2D eigenvalue weighted by atomic mass is 16.2. The zero-order chi connectivity index (χ0) is 16.9. The number of likely N-dealkylation sites (tertiary alicyclic amines) is 1. The Morgan fingerprint density at radius 1 is 1.33 bits per heavy atom. The molecule has 1 N–H and O–H groups in total. The molecule has 2 aromatic rings. The summed E-state index contributed by atoms with van der Waals surface area (Å²) in [5.41, 5.74) is 0.840. The molecule has 1 fully saturated rings. The fourth-order valence-corrected chi connectivity index (χ4v) is 2.83. The van der Waals surface area contributed by atoms with E-state index in [1.165, 1.54) is 0 Å². The molecule has 0 unspecified atom stereocenters. The number of amides is 2. The van der Waals surface area contributed by atoms with Gasteiger partial charge in [0.1, 0.15) is 0 Å². The topological polar surface area (TPSA) is 93.0 Å². The quantitative estimate of drug-likeness (QED) is 0.864. The Hall–Kier alpha value is -2.77. The van der Waals surface area contributed by atoms with Gasteiger partial charge in [0, 0.05) is 19.5 Å². The van der Waals surface area contributed by atoms with Gasteiger partial charge in [-0.2, -0.15) is 4.68 Å². The van der Waals surface area contributed by atoms with Crippen molar-refractivity contribution in [3.05, 3.63) is 36.2 Å². The molecule has 1 atom stereocenters. The fraction of sp³-hybridized carbons (Fsp3) is 0.438. The lowest BCUT2D eigenvalue weighted by Crippen LogP contribution is -2.45. The molecular weight excluding hydrogens is 308 g/mol. The third kappa shape index (κ3) is 3.42. The molecule has 1 aromatic heterocycles. The molecule has 126 valence electrons. The van der Waals surface area contributed by atoms with E-state index in [0.29, 0.717) is 31.8 Å². The van der Waals surface area contributed by atoms with E-state index < -0.39 is 0 Å². The van der Waals surface area contributed by atoms with E-state index >= 15 is 0 Å². The highest BCUT2D eigenvalue weighted by molar-refractivity contribution is 5.83. The highest BCUT2D eigenvalue weighted by Gasteiger charge is 2.29. The van der Waals surface area contributed by atoms with Crippen molar-refractivity contribution in [3.63, 3.8) is 0 Å². The third-order valence-corrected chi connectivity index (χ3v) is 4.21. The zero-order valence-corrected chi connectivity index (χ0v) is 13.6. The van der Waals surface area contributed by atoms with Gasteiger partial charge < -0.3 is 10.2 Å². The van der Waals surface area contributed by atoms with Crippen LogP contribution < -0.4 is 5.32 Å². The Kier molecular flexibility index (Phi) is 4.83. The molecule has 1 aliphatic heterocycles. The first kappa shape index (κ1) is 16.1. The second-order valence-corrected chi connectivity index (χ2v) is 5.73. The third-order valence-electron chi connectivity index (χ3n) is 4.21. The number of rotatable bonds is 5. The molecule has 2 heterocycles. The Bertz CT molecular complexity index is 714. The van der Waals surface area contributed by atoms with Crippen LogP contribution in [-0.2, 0) is 16.1 Å². The monoisotopic (exact) mass is 328 g/mol. The number of carbonyl (C=O) groups is 2. The summed E-state index contributed by atoms with van der Waals surface area (Å²) < 4.78 is 1.60. The van der Waals surface area contributed by atoms with Crippen molar-refractivity contribution in [2.45, 2.75) is 26.3 Å². The van der Waals surface area contributed by atoms with Crippen LogP contribution in [0.5, 0.6) is 0 Å². The highest BCUT2D eigenvalue weighted by Crippen LogP contribution is 2.17. The van der Waals surface area contributed by atoms with E-state index in [0.717, 1.165) is 5.69 Å². The molecule has 0 radical (unpaired) electrons. The number of aromatic nitrogens is 4. The molecule has 8 nitrogen and oxygen atoms in total. The van der Waals surface area contributed by atoms with Crippen molar-refractivity contribution >= 4 is 11.8 Å². The maximum absolute atomic E-state index is 12.4. The van der Waals surface area contributed by atoms with Crippen molar-refractivity contribution in [3.8, 4) is 5.69 Å². The largest absolute Gasteiger partial charge is 0.348 e. The fourth-order valence-electron chi connectivity index (χ4n) is 2.83. The maximum atomic E-state index is 12.4. The summed E-state index contributed by atoms with van der Waals surface area (Å²) in [5, 5.41) is 14.5. The van der Waals surface area contributed by atoms with Gasteiger partial charge in [-0.3, -0.25) is 9.59 Å². The first-order chi connectivity index (χ1) is 11.7. The van der Waals surface area contributed by atoms with Crippen molar-refractivity contribution in [2.24, 2.45) is 5.92 Å². The Labute approximate surface area is 139 Å². The second-order valence-electron chi connectivity index (χ2n) is 5.73. The number of carbonyl (C=O) groups excluding carboxylic acids is 2. The second kappa shape index (κ2) is 7.20. The minimum Gasteiger partial charge on any atom is -0.348 e. The number of hydrogen-bond acceptors (Lipinski definition) is 5. The molecule has 2 amide bonds. The SMILES string of the molecule is CCN1C[C@@H](C(=O)NCc2nnnn2-c2ccccc2)CCC1=O. The number of para-hydroxylation sites is 1. The molecule has 0 bridgehead atoms. The van der Waals surface area contributed by atoms with Gasteiger partial charge in [0.25, 0.3) is 0 Å². The van der Waals surface area contributed by atoms with Gasteiger partial charge in [0.15, 0.2) is 5.82 Å². The van der Waals surface area contributed by atoms with Crippen LogP contribution in [0.4, 0.5) is 0 Å². The van der Waals surface area contributed by atoms with Gasteiger partial charge in [-0.15, -0.1) is 5.10 Å². The number of nitrogens with one attached hydrogen (secondary N) is 1. The summed E-state index contributed by atoms with van der Waals surface area (Å²) in [7, 11) is 0. The van der Waals surface area contributed by atoms with Crippen LogP contribution in [0.15, 0.2) is 30.3 Å². The molecule has 8 heteroatoms. The molecule has 1 aliphatic rings. The van der Waals surface area contributed by atoms with Crippen LogP contribution in [0.25, 0.3) is 5.69 Å². The average molecular weight is 328 g/mol. The van der Waals surface area contributed by atoms with Crippen LogP contribution >= 0.6 is 0 Å². The number of piperidine rings is 1. The molecule has 1 aromatic carbocycles. The molecule has 0 spiro atoms. The summed E-state index contributed by atoms with van der Waals surface area (Å²) >= 11 is 0. The maximum Gasteiger partial charge on any atom is 0.225 e. The molecule has 3 rings (SSSR count). The van der Waals surface area contributed by atoms with Crippen LogP contribution in [0.2, 0.25) is 0 Å². The molecular formula is C16H20N6O2. The van der Waals surface area contributed by atoms with Gasteiger partial charge in [-0.1, -0.05) is 18.2 Å². The lowest BCUT2D eigenvalue weighted by atomic mass is 9.96. The van der Waals surface area contributed by atoms with Gasteiger partial charge in [-0.05, 0) is 35.9 Å². The van der Waals surface area contributed by atoms with Gasteiger partial charge in [0.05, 0.1) is 18.2 Å². The molecule has 24 heavy (non-hydrogen) atoms. The van der Waals surface area contributed by atoms with Crippen LogP contribution in [0.1, 0.15) is 25.6 Å². The minimum absolute atomic E-state index is 0.0661. The van der Waals surface area contributed by atoms with Crippen LogP contribution in [0.3, 0.4) is 0 Å². The lowest BCUT2D eigenvalue weighted by Gasteiger charge is -2.30. The number of nitrogens with zero attached hydrogens (tertiary/aromatic N) is 5. The van der Waals surface area contributed by atoms with E-state index in [-0.39, 0.29) is 24.3 Å². The van der Waals surface area contributed by atoms with E-state index in [9.17, 15) is 9.59 Å². The molecule has 0 aliphatic carbocycles. The minimum atomic E-state index is -0.177. The predicted octanol–water partition coefficient (Wildman–Crippen LogP) is 0.537.